The van der Waals surface area contributed by atoms with Gasteiger partial charge in [0.05, 0.1) is 14.2 Å². The molecule has 20 heavy (non-hydrogen) atoms. The molecule has 5 heteroatoms. The quantitative estimate of drug-likeness (QED) is 0.806. The van der Waals surface area contributed by atoms with Crippen molar-refractivity contribution in [2.45, 2.75) is 20.3 Å². The first-order valence-electron chi connectivity index (χ1n) is 6.35. The van der Waals surface area contributed by atoms with Crippen molar-refractivity contribution in [1.82, 2.24) is 9.97 Å². The van der Waals surface area contributed by atoms with Crippen molar-refractivity contribution < 1.29 is 9.47 Å². The lowest BCUT2D eigenvalue weighted by Crippen LogP contribution is -1.99. The van der Waals surface area contributed by atoms with Crippen LogP contribution in [0.5, 0.6) is 11.5 Å². The zero-order chi connectivity index (χ0) is 14.7. The maximum Gasteiger partial charge on any atom is 0.161 e. The topological polar surface area (TPSA) is 44.2 Å². The summed E-state index contributed by atoms with van der Waals surface area (Å²) in [5, 5.41) is 0.497. The first kappa shape index (κ1) is 14.6. The van der Waals surface area contributed by atoms with E-state index in [0.29, 0.717) is 22.5 Å². The van der Waals surface area contributed by atoms with Gasteiger partial charge in [-0.05, 0) is 25.5 Å². The van der Waals surface area contributed by atoms with Crippen LogP contribution in [0.2, 0.25) is 5.15 Å². The second-order valence-electron chi connectivity index (χ2n) is 4.36. The van der Waals surface area contributed by atoms with E-state index in [9.17, 15) is 0 Å². The van der Waals surface area contributed by atoms with Crippen LogP contribution in [0.25, 0.3) is 11.4 Å². The summed E-state index contributed by atoms with van der Waals surface area (Å²) in [5.74, 6) is 1.95. The molecule has 0 aliphatic heterocycles. The lowest BCUT2D eigenvalue weighted by atomic mass is 10.1. The Kier molecular flexibility index (Phi) is 4.45. The van der Waals surface area contributed by atoms with Crippen molar-refractivity contribution in [1.29, 1.82) is 0 Å². The number of ether oxygens (including phenoxy) is 2. The van der Waals surface area contributed by atoms with E-state index >= 15 is 0 Å². The molecule has 0 N–H and O–H groups in total. The monoisotopic (exact) mass is 292 g/mol. The van der Waals surface area contributed by atoms with E-state index in [-0.39, 0.29) is 0 Å². The standard InChI is InChI=1S/C15H17ClN2O2/c1-5-13-9(2)17-15(18-14(13)16)10-6-11(19-3)8-12(7-10)20-4/h6-8H,5H2,1-4H3. The van der Waals surface area contributed by atoms with E-state index in [1.54, 1.807) is 20.3 Å². The fraction of sp³-hybridized carbons (Fsp3) is 0.333. The fourth-order valence-electron chi connectivity index (χ4n) is 2.03. The molecule has 0 spiro atoms. The second-order valence-corrected chi connectivity index (χ2v) is 4.71. The first-order valence-corrected chi connectivity index (χ1v) is 6.73. The highest BCUT2D eigenvalue weighted by atomic mass is 35.5. The zero-order valence-electron chi connectivity index (χ0n) is 12.0. The van der Waals surface area contributed by atoms with Crippen molar-refractivity contribution in [3.8, 4) is 22.9 Å². The van der Waals surface area contributed by atoms with Crippen LogP contribution in [0.15, 0.2) is 18.2 Å². The highest BCUT2D eigenvalue weighted by Crippen LogP contribution is 2.29. The molecule has 0 aliphatic rings. The van der Waals surface area contributed by atoms with Crippen molar-refractivity contribution in [3.63, 3.8) is 0 Å². The average molecular weight is 293 g/mol. The lowest BCUT2D eigenvalue weighted by molar-refractivity contribution is 0.394. The Morgan fingerprint density at radius 2 is 1.65 bits per heavy atom. The van der Waals surface area contributed by atoms with E-state index in [2.05, 4.69) is 9.97 Å². The summed E-state index contributed by atoms with van der Waals surface area (Å²) in [4.78, 5) is 8.89. The molecule has 0 saturated heterocycles. The van der Waals surface area contributed by atoms with E-state index in [1.165, 1.54) is 0 Å². The summed E-state index contributed by atoms with van der Waals surface area (Å²) < 4.78 is 10.5. The number of aryl methyl sites for hydroxylation is 1. The number of rotatable bonds is 4. The van der Waals surface area contributed by atoms with Gasteiger partial charge in [0.15, 0.2) is 5.82 Å². The molecule has 0 atom stereocenters. The molecule has 106 valence electrons. The molecule has 0 unspecified atom stereocenters. The highest BCUT2D eigenvalue weighted by molar-refractivity contribution is 6.30. The van der Waals surface area contributed by atoms with Crippen LogP contribution in [0.4, 0.5) is 0 Å². The van der Waals surface area contributed by atoms with Gasteiger partial charge in [-0.2, -0.15) is 0 Å². The van der Waals surface area contributed by atoms with Crippen molar-refractivity contribution in [2.24, 2.45) is 0 Å². The Labute approximate surface area is 123 Å². The van der Waals surface area contributed by atoms with Gasteiger partial charge in [-0.25, -0.2) is 9.97 Å². The number of hydrogen-bond donors (Lipinski definition) is 0. The van der Waals surface area contributed by atoms with Crippen molar-refractivity contribution in [2.75, 3.05) is 14.2 Å². The van der Waals surface area contributed by atoms with Gasteiger partial charge in [0.2, 0.25) is 0 Å². The number of hydrogen-bond acceptors (Lipinski definition) is 4. The van der Waals surface area contributed by atoms with Gasteiger partial charge >= 0.3 is 0 Å². The molecule has 4 nitrogen and oxygen atoms in total. The zero-order valence-corrected chi connectivity index (χ0v) is 12.8. The summed E-state index contributed by atoms with van der Waals surface area (Å²) in [7, 11) is 3.22. The molecule has 0 saturated carbocycles. The van der Waals surface area contributed by atoms with Crippen molar-refractivity contribution >= 4 is 11.6 Å². The minimum Gasteiger partial charge on any atom is -0.497 e. The Hall–Kier alpha value is -1.81. The summed E-state index contributed by atoms with van der Waals surface area (Å²) in [6.07, 6.45) is 0.812. The molecule has 1 aromatic carbocycles. The number of benzene rings is 1. The molecule has 0 bridgehead atoms. The molecule has 0 radical (unpaired) electrons. The second kappa shape index (κ2) is 6.09. The number of halogens is 1. The largest absolute Gasteiger partial charge is 0.497 e. The van der Waals surface area contributed by atoms with Gasteiger partial charge in [-0.1, -0.05) is 18.5 Å². The molecular weight excluding hydrogens is 276 g/mol. The van der Waals surface area contributed by atoms with E-state index in [0.717, 1.165) is 23.2 Å². The van der Waals surface area contributed by atoms with Crippen LogP contribution >= 0.6 is 11.6 Å². The first-order chi connectivity index (χ1) is 9.58. The third-order valence-electron chi connectivity index (χ3n) is 3.13. The summed E-state index contributed by atoms with van der Waals surface area (Å²) >= 11 is 6.22. The molecule has 2 aromatic rings. The SMILES string of the molecule is CCc1c(C)nc(-c2cc(OC)cc(OC)c2)nc1Cl. The normalized spacial score (nSPS) is 10.4. The molecule has 1 aromatic heterocycles. The minimum absolute atomic E-state index is 0.497. The van der Waals surface area contributed by atoms with Crippen molar-refractivity contribution in [3.05, 3.63) is 34.6 Å². The van der Waals surface area contributed by atoms with Crippen LogP contribution in [0.3, 0.4) is 0 Å². The molecule has 0 aliphatic carbocycles. The van der Waals surface area contributed by atoms with E-state index < -0.39 is 0 Å². The third kappa shape index (κ3) is 2.85. The molecule has 0 amide bonds. The van der Waals surface area contributed by atoms with Crippen LogP contribution < -0.4 is 9.47 Å². The van der Waals surface area contributed by atoms with Gasteiger partial charge in [-0.3, -0.25) is 0 Å². The van der Waals surface area contributed by atoms with Gasteiger partial charge in [0.1, 0.15) is 16.7 Å². The molecule has 0 fully saturated rings. The predicted octanol–water partition coefficient (Wildman–Crippen LogP) is 3.69. The van der Waals surface area contributed by atoms with Gasteiger partial charge in [0.25, 0.3) is 0 Å². The molecular formula is C15H17ClN2O2. The smallest absolute Gasteiger partial charge is 0.161 e. The summed E-state index contributed by atoms with van der Waals surface area (Å²) in [6, 6.07) is 5.52. The minimum atomic E-state index is 0.497. The Balaban J connectivity index is 2.56. The number of nitrogens with zero attached hydrogens (tertiary/aromatic N) is 2. The van der Waals surface area contributed by atoms with E-state index in [1.807, 2.05) is 26.0 Å². The fourth-order valence-corrected chi connectivity index (χ4v) is 2.38. The third-order valence-corrected chi connectivity index (χ3v) is 3.44. The van der Waals surface area contributed by atoms with Gasteiger partial charge in [-0.15, -0.1) is 0 Å². The average Bonchev–Trinajstić information content (AvgIpc) is 2.46. The Bertz CT molecular complexity index is 584. The van der Waals surface area contributed by atoms with Gasteiger partial charge in [0, 0.05) is 22.9 Å². The molecule has 2 rings (SSSR count). The van der Waals surface area contributed by atoms with Crippen LogP contribution in [0.1, 0.15) is 18.2 Å². The Morgan fingerprint density at radius 1 is 1.05 bits per heavy atom. The predicted molar refractivity (Wildman–Crippen MR) is 79.7 cm³/mol. The van der Waals surface area contributed by atoms with Crippen LogP contribution in [-0.2, 0) is 6.42 Å². The maximum absolute atomic E-state index is 6.22. The molecule has 1 heterocycles. The highest BCUT2D eigenvalue weighted by Gasteiger charge is 2.12. The summed E-state index contributed by atoms with van der Waals surface area (Å²) in [5.41, 5.74) is 2.68. The lowest BCUT2D eigenvalue weighted by Gasteiger charge is -2.10. The number of aromatic nitrogens is 2. The Morgan fingerprint density at radius 3 is 2.10 bits per heavy atom. The van der Waals surface area contributed by atoms with Gasteiger partial charge < -0.3 is 9.47 Å². The number of methoxy groups -OCH3 is 2. The summed E-state index contributed by atoms with van der Waals surface area (Å²) in [6.45, 7) is 3.97. The van der Waals surface area contributed by atoms with E-state index in [4.69, 9.17) is 21.1 Å². The van der Waals surface area contributed by atoms with Crippen LogP contribution in [0, 0.1) is 6.92 Å². The van der Waals surface area contributed by atoms with Crippen LogP contribution in [-0.4, -0.2) is 24.2 Å². The maximum atomic E-state index is 6.22.